The van der Waals surface area contributed by atoms with Crippen LogP contribution in [0.3, 0.4) is 0 Å². The fraction of sp³-hybridized carbons (Fsp3) is 0.238. The average molecular weight is 418 g/mol. The molecule has 3 rings (SSSR count). The number of aromatic nitrogens is 2. The predicted molar refractivity (Wildman–Crippen MR) is 112 cm³/mol. The van der Waals surface area contributed by atoms with E-state index in [9.17, 15) is 13.2 Å². The predicted octanol–water partition coefficient (Wildman–Crippen LogP) is 6.71. The number of anilines is 3. The second-order valence-corrected chi connectivity index (χ2v) is 8.54. The van der Waals surface area contributed by atoms with Crippen LogP contribution in [0, 0.1) is 0 Å². The minimum Gasteiger partial charge on any atom is -0.350 e. The lowest BCUT2D eigenvalue weighted by molar-refractivity contribution is -0.0328. The minimum atomic E-state index is -4.34. The summed E-state index contributed by atoms with van der Waals surface area (Å²) in [7, 11) is 0. The lowest BCUT2D eigenvalue weighted by Gasteiger charge is -2.21. The van der Waals surface area contributed by atoms with Crippen LogP contribution >= 0.6 is 11.8 Å². The SMILES string of the molecule is CC(C)(C)Nc1nc(Nc2cccc(SC(F)(F)F)c2)cc(-c2ccccc2)n1. The maximum atomic E-state index is 12.7. The zero-order valence-electron chi connectivity index (χ0n) is 16.2. The molecule has 0 spiro atoms. The van der Waals surface area contributed by atoms with Crippen LogP contribution in [0.4, 0.5) is 30.6 Å². The molecule has 0 fully saturated rings. The highest BCUT2D eigenvalue weighted by molar-refractivity contribution is 8.00. The van der Waals surface area contributed by atoms with Gasteiger partial charge in [-0.3, -0.25) is 0 Å². The first-order valence-electron chi connectivity index (χ1n) is 8.93. The smallest absolute Gasteiger partial charge is 0.350 e. The fourth-order valence-corrected chi connectivity index (χ4v) is 3.18. The first-order valence-corrected chi connectivity index (χ1v) is 9.75. The molecule has 0 aliphatic carbocycles. The van der Waals surface area contributed by atoms with E-state index in [4.69, 9.17) is 0 Å². The molecule has 3 aromatic rings. The van der Waals surface area contributed by atoms with E-state index in [2.05, 4.69) is 20.6 Å². The van der Waals surface area contributed by atoms with Crippen LogP contribution in [0.5, 0.6) is 0 Å². The van der Waals surface area contributed by atoms with Crippen LogP contribution < -0.4 is 10.6 Å². The van der Waals surface area contributed by atoms with Gasteiger partial charge in [-0.2, -0.15) is 18.2 Å². The van der Waals surface area contributed by atoms with Crippen molar-refractivity contribution >= 4 is 29.2 Å². The highest BCUT2D eigenvalue weighted by Crippen LogP contribution is 2.38. The van der Waals surface area contributed by atoms with Crippen LogP contribution in [0.1, 0.15) is 20.8 Å². The number of hydrogen-bond acceptors (Lipinski definition) is 5. The zero-order chi connectivity index (χ0) is 21.1. The van der Waals surface area contributed by atoms with Gasteiger partial charge < -0.3 is 10.6 Å². The van der Waals surface area contributed by atoms with Crippen molar-refractivity contribution in [3.8, 4) is 11.3 Å². The summed E-state index contributed by atoms with van der Waals surface area (Å²) in [6.07, 6.45) is 0. The molecule has 0 amide bonds. The normalized spacial score (nSPS) is 11.9. The highest BCUT2D eigenvalue weighted by atomic mass is 32.2. The maximum absolute atomic E-state index is 12.7. The van der Waals surface area contributed by atoms with Crippen molar-refractivity contribution in [3.63, 3.8) is 0 Å². The molecule has 0 atom stereocenters. The van der Waals surface area contributed by atoms with Crippen molar-refractivity contribution in [1.29, 1.82) is 0 Å². The van der Waals surface area contributed by atoms with Crippen molar-refractivity contribution in [2.75, 3.05) is 10.6 Å². The number of nitrogens with zero attached hydrogens (tertiary/aromatic N) is 2. The second kappa shape index (κ2) is 8.32. The summed E-state index contributed by atoms with van der Waals surface area (Å²) in [5, 5.41) is 6.34. The fourth-order valence-electron chi connectivity index (χ4n) is 2.58. The van der Waals surface area contributed by atoms with Gasteiger partial charge in [0, 0.05) is 27.8 Å². The number of nitrogens with one attached hydrogen (secondary N) is 2. The molecule has 29 heavy (non-hydrogen) atoms. The van der Waals surface area contributed by atoms with E-state index in [0.29, 0.717) is 23.1 Å². The van der Waals surface area contributed by atoms with Gasteiger partial charge in [0.15, 0.2) is 0 Å². The van der Waals surface area contributed by atoms with E-state index < -0.39 is 5.51 Å². The van der Waals surface area contributed by atoms with Gasteiger partial charge in [-0.25, -0.2) is 4.98 Å². The lowest BCUT2D eigenvalue weighted by atomic mass is 10.1. The Morgan fingerprint density at radius 2 is 1.59 bits per heavy atom. The summed E-state index contributed by atoms with van der Waals surface area (Å²) >= 11 is -0.149. The molecular formula is C21H21F3N4S. The largest absolute Gasteiger partial charge is 0.446 e. The molecule has 8 heteroatoms. The van der Waals surface area contributed by atoms with Gasteiger partial charge in [-0.1, -0.05) is 36.4 Å². The topological polar surface area (TPSA) is 49.8 Å². The van der Waals surface area contributed by atoms with Gasteiger partial charge in [0.25, 0.3) is 0 Å². The molecule has 0 aliphatic rings. The van der Waals surface area contributed by atoms with Gasteiger partial charge in [-0.15, -0.1) is 0 Å². The molecule has 0 aliphatic heterocycles. The molecule has 0 saturated heterocycles. The van der Waals surface area contributed by atoms with E-state index in [0.717, 1.165) is 5.56 Å². The molecule has 2 N–H and O–H groups in total. The van der Waals surface area contributed by atoms with Crippen molar-refractivity contribution in [2.24, 2.45) is 0 Å². The van der Waals surface area contributed by atoms with E-state index in [1.54, 1.807) is 18.2 Å². The first kappa shape index (κ1) is 21.0. The standard InChI is InChI=1S/C21H21F3N4S/c1-20(2,3)28-19-26-17(14-8-5-4-6-9-14)13-18(27-19)25-15-10-7-11-16(12-15)29-21(22,23)24/h4-13H,1-3H3,(H2,25,26,27,28). The molecule has 0 bridgehead atoms. The van der Waals surface area contributed by atoms with Crippen molar-refractivity contribution in [2.45, 2.75) is 36.7 Å². The molecule has 0 saturated carbocycles. The third-order valence-corrected chi connectivity index (χ3v) is 4.34. The molecule has 1 heterocycles. The van der Waals surface area contributed by atoms with Gasteiger partial charge in [-0.05, 0) is 50.7 Å². The van der Waals surface area contributed by atoms with E-state index in [1.165, 1.54) is 12.1 Å². The Bertz CT molecular complexity index is 970. The molecular weight excluding hydrogens is 397 g/mol. The lowest BCUT2D eigenvalue weighted by Crippen LogP contribution is -2.27. The second-order valence-electron chi connectivity index (χ2n) is 7.40. The zero-order valence-corrected chi connectivity index (χ0v) is 17.0. The quantitative estimate of drug-likeness (QED) is 0.451. The highest BCUT2D eigenvalue weighted by Gasteiger charge is 2.29. The third-order valence-electron chi connectivity index (χ3n) is 3.62. The number of hydrogen-bond donors (Lipinski definition) is 2. The Balaban J connectivity index is 1.94. The van der Waals surface area contributed by atoms with Crippen LogP contribution in [0.25, 0.3) is 11.3 Å². The summed E-state index contributed by atoms with van der Waals surface area (Å²) in [4.78, 5) is 9.17. The number of halogens is 3. The summed E-state index contributed by atoms with van der Waals surface area (Å²) in [5.74, 6) is 0.918. The van der Waals surface area contributed by atoms with Gasteiger partial charge in [0.2, 0.25) is 5.95 Å². The molecule has 0 unspecified atom stereocenters. The Labute approximate surface area is 172 Å². The molecule has 4 nitrogen and oxygen atoms in total. The van der Waals surface area contributed by atoms with Gasteiger partial charge in [0.1, 0.15) is 5.82 Å². The number of thioether (sulfide) groups is 1. The Kier molecular flexibility index (Phi) is 6.02. The summed E-state index contributed by atoms with van der Waals surface area (Å²) in [6.45, 7) is 5.99. The monoisotopic (exact) mass is 418 g/mol. The van der Waals surface area contributed by atoms with Crippen molar-refractivity contribution in [1.82, 2.24) is 9.97 Å². The van der Waals surface area contributed by atoms with Crippen molar-refractivity contribution in [3.05, 3.63) is 60.7 Å². The number of benzene rings is 2. The van der Waals surface area contributed by atoms with Crippen LogP contribution in [-0.2, 0) is 0 Å². The molecule has 1 aromatic heterocycles. The maximum Gasteiger partial charge on any atom is 0.446 e. The van der Waals surface area contributed by atoms with Crippen LogP contribution in [0.2, 0.25) is 0 Å². The Hall–Kier alpha value is -2.74. The van der Waals surface area contributed by atoms with E-state index in [1.807, 2.05) is 51.1 Å². The van der Waals surface area contributed by atoms with E-state index >= 15 is 0 Å². The molecule has 2 aromatic carbocycles. The number of rotatable bonds is 5. The van der Waals surface area contributed by atoms with Gasteiger partial charge >= 0.3 is 5.51 Å². The molecule has 0 radical (unpaired) electrons. The first-order chi connectivity index (χ1) is 13.6. The Morgan fingerprint density at radius 1 is 0.862 bits per heavy atom. The molecule has 152 valence electrons. The van der Waals surface area contributed by atoms with E-state index in [-0.39, 0.29) is 22.2 Å². The third kappa shape index (κ3) is 6.67. The van der Waals surface area contributed by atoms with Crippen LogP contribution in [0.15, 0.2) is 65.6 Å². The summed E-state index contributed by atoms with van der Waals surface area (Å²) in [6, 6.07) is 17.5. The summed E-state index contributed by atoms with van der Waals surface area (Å²) < 4.78 is 38.0. The average Bonchev–Trinajstić information content (AvgIpc) is 2.59. The Morgan fingerprint density at radius 3 is 2.24 bits per heavy atom. The van der Waals surface area contributed by atoms with Gasteiger partial charge in [0.05, 0.1) is 5.69 Å². The van der Waals surface area contributed by atoms with Crippen LogP contribution in [-0.4, -0.2) is 21.0 Å². The van der Waals surface area contributed by atoms with Crippen molar-refractivity contribution < 1.29 is 13.2 Å². The number of alkyl halides is 3. The summed E-state index contributed by atoms with van der Waals surface area (Å²) in [5.41, 5.74) is -2.46. The minimum absolute atomic E-state index is 0.105.